The quantitative estimate of drug-likeness (QED) is 0.365. The van der Waals surface area contributed by atoms with Crippen LogP contribution in [0.25, 0.3) is 11.6 Å². The van der Waals surface area contributed by atoms with Crippen LogP contribution in [0.1, 0.15) is 17.6 Å². The Bertz CT molecular complexity index is 988. The topological polar surface area (TPSA) is 77.3 Å². The van der Waals surface area contributed by atoms with E-state index in [2.05, 4.69) is 10.2 Å². The summed E-state index contributed by atoms with van der Waals surface area (Å²) in [5, 5.41) is 11.2. The molecule has 0 spiro atoms. The van der Waals surface area contributed by atoms with Crippen molar-refractivity contribution in [3.8, 4) is 11.6 Å². The lowest BCUT2D eigenvalue weighted by Crippen LogP contribution is -2.31. The zero-order chi connectivity index (χ0) is 20.1. The lowest BCUT2D eigenvalue weighted by Gasteiger charge is -2.21. The predicted molar refractivity (Wildman–Crippen MR) is 111 cm³/mol. The van der Waals surface area contributed by atoms with Crippen molar-refractivity contribution in [3.05, 3.63) is 64.9 Å². The molecule has 0 aliphatic rings. The van der Waals surface area contributed by atoms with Crippen molar-refractivity contribution >= 4 is 29.0 Å². The van der Waals surface area contributed by atoms with Gasteiger partial charge >= 0.3 is 0 Å². The SMILES string of the molecule is CCn1c(SCC(=O)N(Cc2ccco2)Cc2cccs2)nnc1-c1ccco1. The first kappa shape index (κ1) is 19.5. The summed E-state index contributed by atoms with van der Waals surface area (Å²) in [5.41, 5.74) is 0. The minimum Gasteiger partial charge on any atom is -0.467 e. The molecular formula is C20H20N4O3S2. The van der Waals surface area contributed by atoms with Gasteiger partial charge < -0.3 is 13.7 Å². The maximum absolute atomic E-state index is 13.0. The molecule has 29 heavy (non-hydrogen) atoms. The van der Waals surface area contributed by atoms with E-state index in [1.54, 1.807) is 28.8 Å². The second-order valence-corrected chi connectivity index (χ2v) is 8.20. The highest BCUT2D eigenvalue weighted by molar-refractivity contribution is 7.99. The summed E-state index contributed by atoms with van der Waals surface area (Å²) in [4.78, 5) is 15.9. The molecule has 4 aromatic rings. The van der Waals surface area contributed by atoms with Crippen molar-refractivity contribution < 1.29 is 13.6 Å². The van der Waals surface area contributed by atoms with E-state index >= 15 is 0 Å². The first-order valence-electron chi connectivity index (χ1n) is 9.17. The Morgan fingerprint density at radius 1 is 1.14 bits per heavy atom. The van der Waals surface area contributed by atoms with Gasteiger partial charge in [0.15, 0.2) is 16.7 Å². The Morgan fingerprint density at radius 3 is 2.69 bits per heavy atom. The van der Waals surface area contributed by atoms with E-state index < -0.39 is 0 Å². The van der Waals surface area contributed by atoms with Crippen molar-refractivity contribution in [1.29, 1.82) is 0 Å². The van der Waals surface area contributed by atoms with Gasteiger partial charge in [0.05, 0.1) is 31.4 Å². The number of carbonyl (C=O) groups excluding carboxylic acids is 1. The van der Waals surface area contributed by atoms with Gasteiger partial charge in [-0.1, -0.05) is 17.8 Å². The van der Waals surface area contributed by atoms with Gasteiger partial charge in [0.2, 0.25) is 5.91 Å². The van der Waals surface area contributed by atoms with Gasteiger partial charge in [-0.3, -0.25) is 9.36 Å². The summed E-state index contributed by atoms with van der Waals surface area (Å²) in [5.74, 6) is 2.37. The third kappa shape index (κ3) is 4.63. The molecule has 150 valence electrons. The maximum Gasteiger partial charge on any atom is 0.233 e. The van der Waals surface area contributed by atoms with Crippen LogP contribution in [-0.2, 0) is 24.4 Å². The van der Waals surface area contributed by atoms with Gasteiger partial charge in [-0.25, -0.2) is 0 Å². The minimum atomic E-state index is 0.0185. The molecule has 0 atom stereocenters. The summed E-state index contributed by atoms with van der Waals surface area (Å²) in [6.45, 7) is 3.69. The summed E-state index contributed by atoms with van der Waals surface area (Å²) < 4.78 is 12.8. The number of hydrogen-bond acceptors (Lipinski definition) is 7. The van der Waals surface area contributed by atoms with E-state index in [1.165, 1.54) is 11.8 Å². The number of thiophene rings is 1. The Hall–Kier alpha value is -2.78. The third-order valence-electron chi connectivity index (χ3n) is 4.31. The van der Waals surface area contributed by atoms with Crippen molar-refractivity contribution in [3.63, 3.8) is 0 Å². The lowest BCUT2D eigenvalue weighted by atomic mass is 10.3. The monoisotopic (exact) mass is 428 g/mol. The zero-order valence-electron chi connectivity index (χ0n) is 15.9. The van der Waals surface area contributed by atoms with Gasteiger partial charge in [-0.2, -0.15) is 0 Å². The molecule has 4 rings (SSSR count). The van der Waals surface area contributed by atoms with Crippen LogP contribution in [0.3, 0.4) is 0 Å². The number of furan rings is 2. The first-order valence-corrected chi connectivity index (χ1v) is 11.0. The number of carbonyl (C=O) groups is 1. The molecular weight excluding hydrogens is 408 g/mol. The van der Waals surface area contributed by atoms with Gasteiger partial charge in [0, 0.05) is 11.4 Å². The van der Waals surface area contributed by atoms with Crippen molar-refractivity contribution in [2.45, 2.75) is 31.7 Å². The highest BCUT2D eigenvalue weighted by Crippen LogP contribution is 2.25. The third-order valence-corrected chi connectivity index (χ3v) is 6.12. The van der Waals surface area contributed by atoms with Crippen LogP contribution >= 0.6 is 23.1 Å². The van der Waals surface area contributed by atoms with Crippen molar-refractivity contribution in [2.24, 2.45) is 0 Å². The highest BCUT2D eigenvalue weighted by atomic mass is 32.2. The second kappa shape index (κ2) is 9.15. The van der Waals surface area contributed by atoms with Gasteiger partial charge in [-0.05, 0) is 42.6 Å². The molecule has 0 unspecified atom stereocenters. The molecule has 7 nitrogen and oxygen atoms in total. The van der Waals surface area contributed by atoms with E-state index in [1.807, 2.05) is 53.3 Å². The second-order valence-electron chi connectivity index (χ2n) is 6.22. The molecule has 0 bridgehead atoms. The fourth-order valence-corrected chi connectivity index (χ4v) is 4.52. The normalized spacial score (nSPS) is 11.1. The highest BCUT2D eigenvalue weighted by Gasteiger charge is 2.20. The molecule has 9 heteroatoms. The molecule has 0 saturated heterocycles. The standard InChI is InChI=1S/C20H20N4O3S2/c1-2-24-19(17-8-4-10-27-17)21-22-20(24)29-14-18(25)23(12-15-6-3-9-26-15)13-16-7-5-11-28-16/h3-11H,2,12-14H2,1H3. The Labute approximate surface area is 176 Å². The average Bonchev–Trinajstić information content (AvgIpc) is 3.53. The number of rotatable bonds is 9. The van der Waals surface area contributed by atoms with E-state index in [9.17, 15) is 4.79 Å². The minimum absolute atomic E-state index is 0.0185. The summed E-state index contributed by atoms with van der Waals surface area (Å²) in [7, 11) is 0. The van der Waals surface area contributed by atoms with Gasteiger partial charge in [0.1, 0.15) is 5.76 Å². The molecule has 4 aromatic heterocycles. The van der Waals surface area contributed by atoms with Gasteiger partial charge in [0.25, 0.3) is 0 Å². The first-order chi connectivity index (χ1) is 14.2. The van der Waals surface area contributed by atoms with Crippen LogP contribution in [0.2, 0.25) is 0 Å². The number of thioether (sulfide) groups is 1. The zero-order valence-corrected chi connectivity index (χ0v) is 17.5. The van der Waals surface area contributed by atoms with Crippen molar-refractivity contribution in [2.75, 3.05) is 5.75 Å². The number of hydrogen-bond donors (Lipinski definition) is 0. The van der Waals surface area contributed by atoms with Crippen LogP contribution < -0.4 is 0 Å². The molecule has 0 aromatic carbocycles. The average molecular weight is 429 g/mol. The van der Waals surface area contributed by atoms with Crippen LogP contribution in [0.5, 0.6) is 0 Å². The fraction of sp³-hybridized carbons (Fsp3) is 0.250. The van der Waals surface area contributed by atoms with Crippen LogP contribution in [0.4, 0.5) is 0 Å². The number of nitrogens with zero attached hydrogens (tertiary/aromatic N) is 4. The summed E-state index contributed by atoms with van der Waals surface area (Å²) in [6.07, 6.45) is 3.23. The Morgan fingerprint density at radius 2 is 2.00 bits per heavy atom. The fourth-order valence-electron chi connectivity index (χ4n) is 2.90. The molecule has 4 heterocycles. The summed E-state index contributed by atoms with van der Waals surface area (Å²) in [6, 6.07) is 11.4. The molecule has 0 N–H and O–H groups in total. The van der Waals surface area contributed by atoms with E-state index in [4.69, 9.17) is 8.83 Å². The van der Waals surface area contributed by atoms with Crippen LogP contribution in [0, 0.1) is 0 Å². The molecule has 0 fully saturated rings. The summed E-state index contributed by atoms with van der Waals surface area (Å²) >= 11 is 3.02. The van der Waals surface area contributed by atoms with Gasteiger partial charge in [-0.15, -0.1) is 21.5 Å². The van der Waals surface area contributed by atoms with Crippen molar-refractivity contribution in [1.82, 2.24) is 19.7 Å². The molecule has 1 amide bonds. The molecule has 0 radical (unpaired) electrons. The smallest absolute Gasteiger partial charge is 0.233 e. The predicted octanol–water partition coefficient (Wildman–Crippen LogP) is 4.53. The molecule has 0 saturated carbocycles. The number of amides is 1. The van der Waals surface area contributed by atoms with E-state index in [0.717, 1.165) is 10.6 Å². The van der Waals surface area contributed by atoms with Crippen LogP contribution in [0.15, 0.2) is 68.3 Å². The number of aromatic nitrogens is 3. The van der Waals surface area contributed by atoms with E-state index in [-0.39, 0.29) is 11.7 Å². The lowest BCUT2D eigenvalue weighted by molar-refractivity contribution is -0.129. The molecule has 0 aliphatic carbocycles. The Balaban J connectivity index is 1.46. The van der Waals surface area contributed by atoms with Crippen LogP contribution in [-0.4, -0.2) is 31.3 Å². The maximum atomic E-state index is 13.0. The molecule has 0 aliphatic heterocycles. The van der Waals surface area contributed by atoms with E-state index in [0.29, 0.717) is 36.4 Å². The largest absolute Gasteiger partial charge is 0.467 e. The Kier molecular flexibility index (Phi) is 6.16.